The minimum atomic E-state index is -3.71. The number of sulfonamides is 1. The summed E-state index contributed by atoms with van der Waals surface area (Å²) in [6, 6.07) is 13.8. The third kappa shape index (κ3) is 5.68. The van der Waals surface area contributed by atoms with E-state index < -0.39 is 32.9 Å². The topological polar surface area (TPSA) is 145 Å². The summed E-state index contributed by atoms with van der Waals surface area (Å²) in [5.74, 6) is -1.39. The van der Waals surface area contributed by atoms with Crippen molar-refractivity contribution in [3.63, 3.8) is 0 Å². The number of nitro benzene ring substituents is 1. The molecule has 0 aliphatic heterocycles. The lowest BCUT2D eigenvalue weighted by Gasteiger charge is -2.14. The van der Waals surface area contributed by atoms with E-state index in [9.17, 15) is 28.1 Å². The standard InChI is InChI=1S/C20H17N3O7S2/c1-13(19(24)21-15-8-10-17(11-9-15)23(26)27)30-20(25)14-4-6-16(7-5-14)22-32(28,29)18-3-2-12-31-18/h2-13,22H,1H3,(H,21,24). The predicted octanol–water partition coefficient (Wildman–Crippen LogP) is 3.64. The van der Waals surface area contributed by atoms with Gasteiger partial charge in [0.1, 0.15) is 4.21 Å². The van der Waals surface area contributed by atoms with Gasteiger partial charge in [-0.15, -0.1) is 11.3 Å². The summed E-state index contributed by atoms with van der Waals surface area (Å²) in [4.78, 5) is 34.6. The number of anilines is 2. The summed E-state index contributed by atoms with van der Waals surface area (Å²) in [6.07, 6.45) is -1.14. The Bertz CT molecular complexity index is 1220. The summed E-state index contributed by atoms with van der Waals surface area (Å²) >= 11 is 1.08. The van der Waals surface area contributed by atoms with Gasteiger partial charge in [0.05, 0.1) is 10.5 Å². The van der Waals surface area contributed by atoms with E-state index in [1.807, 2.05) is 0 Å². The molecule has 1 aromatic heterocycles. The number of amides is 1. The summed E-state index contributed by atoms with van der Waals surface area (Å²) in [5.41, 5.74) is 0.576. The number of carbonyl (C=O) groups is 2. The average molecular weight is 476 g/mol. The van der Waals surface area contributed by atoms with E-state index in [1.165, 1.54) is 61.5 Å². The third-order valence-corrected chi connectivity index (χ3v) is 6.91. The van der Waals surface area contributed by atoms with E-state index in [0.29, 0.717) is 5.69 Å². The Kier molecular flexibility index (Phi) is 6.85. The molecule has 0 bridgehead atoms. The van der Waals surface area contributed by atoms with Crippen LogP contribution in [0.1, 0.15) is 17.3 Å². The first-order valence-electron chi connectivity index (χ1n) is 9.08. The molecule has 32 heavy (non-hydrogen) atoms. The number of benzene rings is 2. The molecule has 0 spiro atoms. The zero-order valence-electron chi connectivity index (χ0n) is 16.5. The molecule has 0 fully saturated rings. The predicted molar refractivity (Wildman–Crippen MR) is 118 cm³/mol. The van der Waals surface area contributed by atoms with Crippen LogP contribution in [-0.2, 0) is 19.6 Å². The average Bonchev–Trinajstić information content (AvgIpc) is 3.30. The lowest BCUT2D eigenvalue weighted by Crippen LogP contribution is -2.30. The Labute approximate surface area is 187 Å². The maximum Gasteiger partial charge on any atom is 0.338 e. The van der Waals surface area contributed by atoms with Crippen LogP contribution in [0.15, 0.2) is 70.3 Å². The number of hydrogen-bond acceptors (Lipinski definition) is 8. The Morgan fingerprint density at radius 3 is 2.22 bits per heavy atom. The van der Waals surface area contributed by atoms with E-state index in [0.717, 1.165) is 11.3 Å². The number of nitrogens with one attached hydrogen (secondary N) is 2. The highest BCUT2D eigenvalue weighted by Crippen LogP contribution is 2.21. The van der Waals surface area contributed by atoms with E-state index in [4.69, 9.17) is 4.74 Å². The Hall–Kier alpha value is -3.77. The van der Waals surface area contributed by atoms with Crippen molar-refractivity contribution >= 4 is 50.3 Å². The molecule has 1 heterocycles. The van der Waals surface area contributed by atoms with Crippen molar-refractivity contribution in [2.45, 2.75) is 17.2 Å². The van der Waals surface area contributed by atoms with Crippen molar-refractivity contribution in [2.24, 2.45) is 0 Å². The Balaban J connectivity index is 1.57. The zero-order valence-corrected chi connectivity index (χ0v) is 18.2. The van der Waals surface area contributed by atoms with Crippen LogP contribution in [0.3, 0.4) is 0 Å². The number of thiophene rings is 1. The first-order valence-corrected chi connectivity index (χ1v) is 11.4. The highest BCUT2D eigenvalue weighted by atomic mass is 32.2. The van der Waals surface area contributed by atoms with Crippen molar-refractivity contribution in [1.82, 2.24) is 0 Å². The van der Waals surface area contributed by atoms with Crippen LogP contribution in [0.5, 0.6) is 0 Å². The smallest absolute Gasteiger partial charge is 0.338 e. The molecule has 2 N–H and O–H groups in total. The molecule has 2 aromatic carbocycles. The van der Waals surface area contributed by atoms with E-state index in [-0.39, 0.29) is 21.1 Å². The molecule has 10 nitrogen and oxygen atoms in total. The normalized spacial score (nSPS) is 11.9. The maximum absolute atomic E-state index is 12.3. The van der Waals surface area contributed by atoms with Gasteiger partial charge in [-0.05, 0) is 54.8 Å². The number of nitro groups is 1. The van der Waals surface area contributed by atoms with Crippen LogP contribution in [-0.4, -0.2) is 31.3 Å². The second-order valence-corrected chi connectivity index (χ2v) is 9.31. The fourth-order valence-corrected chi connectivity index (χ4v) is 4.54. The SMILES string of the molecule is CC(OC(=O)c1ccc(NS(=O)(=O)c2cccs2)cc1)C(=O)Nc1ccc([N+](=O)[O-])cc1. The molecule has 0 saturated carbocycles. The maximum atomic E-state index is 12.3. The van der Waals surface area contributed by atoms with Gasteiger partial charge in [0.25, 0.3) is 21.6 Å². The molecule has 1 amide bonds. The van der Waals surface area contributed by atoms with Gasteiger partial charge in [0.15, 0.2) is 6.10 Å². The molecule has 0 aliphatic rings. The first kappa shape index (κ1) is 22.9. The number of esters is 1. The monoisotopic (exact) mass is 475 g/mol. The largest absolute Gasteiger partial charge is 0.449 e. The molecule has 1 unspecified atom stereocenters. The summed E-state index contributed by atoms with van der Waals surface area (Å²) in [7, 11) is -3.71. The summed E-state index contributed by atoms with van der Waals surface area (Å²) < 4.78 is 32.2. The van der Waals surface area contributed by atoms with Crippen LogP contribution in [0.4, 0.5) is 17.1 Å². The Morgan fingerprint density at radius 2 is 1.66 bits per heavy atom. The van der Waals surface area contributed by atoms with Crippen LogP contribution >= 0.6 is 11.3 Å². The van der Waals surface area contributed by atoms with Crippen molar-refractivity contribution in [3.8, 4) is 0 Å². The molecule has 1 atom stereocenters. The number of rotatable bonds is 8. The highest BCUT2D eigenvalue weighted by Gasteiger charge is 2.20. The van der Waals surface area contributed by atoms with Gasteiger partial charge >= 0.3 is 5.97 Å². The van der Waals surface area contributed by atoms with Gasteiger partial charge < -0.3 is 10.1 Å². The number of ether oxygens (including phenoxy) is 1. The number of non-ortho nitro benzene ring substituents is 1. The quantitative estimate of drug-likeness (QED) is 0.287. The molecule has 166 valence electrons. The lowest BCUT2D eigenvalue weighted by atomic mass is 10.2. The minimum absolute atomic E-state index is 0.122. The summed E-state index contributed by atoms with van der Waals surface area (Å²) in [5, 5.41) is 14.8. The van der Waals surface area contributed by atoms with Crippen LogP contribution in [0, 0.1) is 10.1 Å². The third-order valence-electron chi connectivity index (χ3n) is 4.13. The van der Waals surface area contributed by atoms with Crippen molar-refractivity contribution in [1.29, 1.82) is 0 Å². The number of hydrogen-bond donors (Lipinski definition) is 2. The fraction of sp³-hybridized carbons (Fsp3) is 0.100. The number of carbonyl (C=O) groups excluding carboxylic acids is 2. The molecule has 3 rings (SSSR count). The van der Waals surface area contributed by atoms with Crippen LogP contribution < -0.4 is 10.0 Å². The van der Waals surface area contributed by atoms with Crippen molar-refractivity contribution < 1.29 is 27.7 Å². The van der Waals surface area contributed by atoms with Gasteiger partial charge in [-0.1, -0.05) is 6.07 Å². The fourth-order valence-electron chi connectivity index (χ4n) is 2.49. The Morgan fingerprint density at radius 1 is 1.03 bits per heavy atom. The van der Waals surface area contributed by atoms with Gasteiger partial charge in [-0.3, -0.25) is 19.6 Å². The van der Waals surface area contributed by atoms with E-state index in [1.54, 1.807) is 11.4 Å². The van der Waals surface area contributed by atoms with Crippen LogP contribution in [0.25, 0.3) is 0 Å². The first-order chi connectivity index (χ1) is 15.2. The summed E-state index contributed by atoms with van der Waals surface area (Å²) in [6.45, 7) is 1.38. The molecule has 0 aliphatic carbocycles. The molecular formula is C20H17N3O7S2. The van der Waals surface area contributed by atoms with Crippen molar-refractivity contribution in [2.75, 3.05) is 10.0 Å². The molecule has 12 heteroatoms. The van der Waals surface area contributed by atoms with Crippen molar-refractivity contribution in [3.05, 3.63) is 81.7 Å². The van der Waals surface area contributed by atoms with Gasteiger partial charge in [0, 0.05) is 23.5 Å². The van der Waals surface area contributed by atoms with E-state index >= 15 is 0 Å². The molecular weight excluding hydrogens is 458 g/mol. The molecule has 3 aromatic rings. The second kappa shape index (κ2) is 9.58. The lowest BCUT2D eigenvalue weighted by molar-refractivity contribution is -0.384. The molecule has 0 radical (unpaired) electrons. The van der Waals surface area contributed by atoms with E-state index in [2.05, 4.69) is 10.0 Å². The van der Waals surface area contributed by atoms with Gasteiger partial charge in [0.2, 0.25) is 0 Å². The van der Waals surface area contributed by atoms with Gasteiger partial charge in [-0.25, -0.2) is 13.2 Å². The molecule has 0 saturated heterocycles. The number of nitrogens with zero attached hydrogens (tertiary/aromatic N) is 1. The highest BCUT2D eigenvalue weighted by molar-refractivity contribution is 7.94. The zero-order chi connectivity index (χ0) is 23.3. The minimum Gasteiger partial charge on any atom is -0.449 e. The van der Waals surface area contributed by atoms with Gasteiger partial charge in [-0.2, -0.15) is 0 Å². The second-order valence-electron chi connectivity index (χ2n) is 6.46. The van der Waals surface area contributed by atoms with Crippen LogP contribution in [0.2, 0.25) is 0 Å².